The van der Waals surface area contributed by atoms with Gasteiger partial charge in [0.05, 0.1) is 22.9 Å². The number of nitriles is 2. The van der Waals surface area contributed by atoms with Crippen LogP contribution >= 0.6 is 0 Å². The van der Waals surface area contributed by atoms with Gasteiger partial charge < -0.3 is 4.90 Å². The molecule has 116 valence electrons. The minimum absolute atomic E-state index is 0.211. The topological polar surface area (TPSA) is 81.5 Å². The summed E-state index contributed by atoms with van der Waals surface area (Å²) in [6.45, 7) is 5.43. The third-order valence-electron chi connectivity index (χ3n) is 4.24. The Bertz CT molecular complexity index is 775. The number of rotatable bonds is 2. The first-order valence-corrected chi connectivity index (χ1v) is 7.72. The molecule has 1 aromatic heterocycles. The summed E-state index contributed by atoms with van der Waals surface area (Å²) in [5.74, 6) is 1.68. The van der Waals surface area contributed by atoms with E-state index in [1.54, 1.807) is 18.2 Å². The first kappa shape index (κ1) is 15.1. The maximum absolute atomic E-state index is 9.39. The SMILES string of the molecule is Cc1nc(C)n(C2CCCN(c3c(C#N)cccc3C#N)C2)n1. The number of piperidine rings is 1. The molecule has 0 spiro atoms. The summed E-state index contributed by atoms with van der Waals surface area (Å²) in [6.07, 6.45) is 2.02. The van der Waals surface area contributed by atoms with Crippen LogP contribution in [0.1, 0.15) is 41.7 Å². The fourth-order valence-electron chi connectivity index (χ4n) is 3.30. The summed E-state index contributed by atoms with van der Waals surface area (Å²) < 4.78 is 1.97. The van der Waals surface area contributed by atoms with E-state index in [0.717, 1.165) is 43.3 Å². The van der Waals surface area contributed by atoms with E-state index in [1.807, 2.05) is 18.5 Å². The minimum Gasteiger partial charge on any atom is -0.367 e. The number of aromatic nitrogens is 3. The van der Waals surface area contributed by atoms with Crippen LogP contribution in [0.3, 0.4) is 0 Å². The number of para-hydroxylation sites is 1. The van der Waals surface area contributed by atoms with E-state index in [-0.39, 0.29) is 6.04 Å². The van der Waals surface area contributed by atoms with Crippen LogP contribution in [0.4, 0.5) is 5.69 Å². The third-order valence-corrected chi connectivity index (χ3v) is 4.24. The molecule has 1 atom stereocenters. The van der Waals surface area contributed by atoms with Crippen molar-refractivity contribution >= 4 is 5.69 Å². The Morgan fingerprint density at radius 1 is 1.17 bits per heavy atom. The van der Waals surface area contributed by atoms with Gasteiger partial charge in [-0.25, -0.2) is 9.67 Å². The zero-order valence-corrected chi connectivity index (χ0v) is 13.3. The Balaban J connectivity index is 1.95. The van der Waals surface area contributed by atoms with Gasteiger partial charge in [-0.3, -0.25) is 0 Å². The Labute approximate surface area is 135 Å². The number of anilines is 1. The van der Waals surface area contributed by atoms with Gasteiger partial charge in [0.1, 0.15) is 23.8 Å². The molecule has 2 heterocycles. The largest absolute Gasteiger partial charge is 0.367 e. The predicted molar refractivity (Wildman–Crippen MR) is 85.9 cm³/mol. The first-order valence-electron chi connectivity index (χ1n) is 7.72. The van der Waals surface area contributed by atoms with Gasteiger partial charge in [0, 0.05) is 13.1 Å². The van der Waals surface area contributed by atoms with E-state index in [9.17, 15) is 10.5 Å². The van der Waals surface area contributed by atoms with Crippen LogP contribution in [0.2, 0.25) is 0 Å². The summed E-state index contributed by atoms with van der Waals surface area (Å²) in [5.41, 5.74) is 1.85. The second-order valence-electron chi connectivity index (χ2n) is 5.82. The van der Waals surface area contributed by atoms with E-state index in [0.29, 0.717) is 11.1 Å². The molecule has 0 saturated carbocycles. The lowest BCUT2D eigenvalue weighted by Crippen LogP contribution is -2.38. The van der Waals surface area contributed by atoms with E-state index in [1.165, 1.54) is 0 Å². The summed E-state index contributed by atoms with van der Waals surface area (Å²) in [6, 6.07) is 9.93. The van der Waals surface area contributed by atoms with Crippen molar-refractivity contribution in [1.29, 1.82) is 10.5 Å². The smallest absolute Gasteiger partial charge is 0.147 e. The van der Waals surface area contributed by atoms with Crippen LogP contribution in [-0.2, 0) is 0 Å². The molecule has 1 aliphatic heterocycles. The van der Waals surface area contributed by atoms with Gasteiger partial charge in [0.15, 0.2) is 0 Å². The maximum atomic E-state index is 9.39. The molecule has 2 aromatic rings. The lowest BCUT2D eigenvalue weighted by atomic mass is 10.0. The highest BCUT2D eigenvalue weighted by atomic mass is 15.4. The predicted octanol–water partition coefficient (Wildman–Crippen LogP) is 2.48. The van der Waals surface area contributed by atoms with Crippen molar-refractivity contribution in [3.05, 3.63) is 41.0 Å². The van der Waals surface area contributed by atoms with Crippen molar-refractivity contribution in [2.24, 2.45) is 0 Å². The molecule has 1 saturated heterocycles. The molecule has 0 amide bonds. The van der Waals surface area contributed by atoms with Gasteiger partial charge >= 0.3 is 0 Å². The molecule has 6 heteroatoms. The molecule has 1 unspecified atom stereocenters. The number of benzene rings is 1. The molecule has 1 aromatic carbocycles. The highest BCUT2D eigenvalue weighted by Crippen LogP contribution is 2.31. The number of hydrogen-bond donors (Lipinski definition) is 0. The normalized spacial score (nSPS) is 17.6. The lowest BCUT2D eigenvalue weighted by Gasteiger charge is -2.35. The maximum Gasteiger partial charge on any atom is 0.147 e. The van der Waals surface area contributed by atoms with Gasteiger partial charge in [-0.2, -0.15) is 15.6 Å². The van der Waals surface area contributed by atoms with Crippen LogP contribution in [-0.4, -0.2) is 27.9 Å². The number of aryl methyl sites for hydroxylation is 2. The standard InChI is InChI=1S/C17H18N6/c1-12-20-13(2)23(21-12)16-7-4-8-22(11-16)17-14(9-18)5-3-6-15(17)10-19/h3,5-6,16H,4,7-8,11H2,1-2H3. The Hall–Kier alpha value is -2.86. The van der Waals surface area contributed by atoms with Crippen LogP contribution < -0.4 is 4.90 Å². The minimum atomic E-state index is 0.211. The third kappa shape index (κ3) is 2.76. The van der Waals surface area contributed by atoms with E-state index >= 15 is 0 Å². The summed E-state index contributed by atoms with van der Waals surface area (Å²) in [4.78, 5) is 6.52. The van der Waals surface area contributed by atoms with Crippen molar-refractivity contribution in [3.63, 3.8) is 0 Å². The Kier molecular flexibility index (Phi) is 3.99. The molecule has 0 N–H and O–H groups in total. The van der Waals surface area contributed by atoms with Gasteiger partial charge in [-0.05, 0) is 38.8 Å². The molecule has 0 aliphatic carbocycles. The second kappa shape index (κ2) is 6.10. The van der Waals surface area contributed by atoms with Crippen LogP contribution in [0.5, 0.6) is 0 Å². The molecule has 0 bridgehead atoms. The molecule has 23 heavy (non-hydrogen) atoms. The quantitative estimate of drug-likeness (QED) is 0.851. The summed E-state index contributed by atoms with van der Waals surface area (Å²) in [5, 5.41) is 23.3. The molecule has 6 nitrogen and oxygen atoms in total. The van der Waals surface area contributed by atoms with Crippen molar-refractivity contribution in [2.45, 2.75) is 32.7 Å². The molecule has 0 radical (unpaired) electrons. The Morgan fingerprint density at radius 3 is 2.43 bits per heavy atom. The number of nitrogens with zero attached hydrogens (tertiary/aromatic N) is 6. The molecular weight excluding hydrogens is 288 g/mol. The average molecular weight is 306 g/mol. The monoisotopic (exact) mass is 306 g/mol. The van der Waals surface area contributed by atoms with E-state index in [2.05, 4.69) is 27.1 Å². The molecular formula is C17H18N6. The Morgan fingerprint density at radius 2 is 1.87 bits per heavy atom. The van der Waals surface area contributed by atoms with Crippen molar-refractivity contribution in [3.8, 4) is 12.1 Å². The van der Waals surface area contributed by atoms with Gasteiger partial charge in [-0.15, -0.1) is 0 Å². The second-order valence-corrected chi connectivity index (χ2v) is 5.82. The fraction of sp³-hybridized carbons (Fsp3) is 0.412. The molecule has 3 rings (SSSR count). The summed E-state index contributed by atoms with van der Waals surface area (Å²) in [7, 11) is 0. The zero-order valence-electron chi connectivity index (χ0n) is 13.3. The molecule has 1 fully saturated rings. The van der Waals surface area contributed by atoms with Gasteiger partial charge in [0.2, 0.25) is 0 Å². The highest BCUT2D eigenvalue weighted by molar-refractivity contribution is 5.68. The fourth-order valence-corrected chi connectivity index (χ4v) is 3.30. The zero-order chi connectivity index (χ0) is 16.4. The number of hydrogen-bond acceptors (Lipinski definition) is 5. The lowest BCUT2D eigenvalue weighted by molar-refractivity contribution is 0.368. The van der Waals surface area contributed by atoms with E-state index in [4.69, 9.17) is 0 Å². The molecule has 1 aliphatic rings. The van der Waals surface area contributed by atoms with Gasteiger partial charge in [0.25, 0.3) is 0 Å². The van der Waals surface area contributed by atoms with Crippen molar-refractivity contribution < 1.29 is 0 Å². The van der Waals surface area contributed by atoms with Gasteiger partial charge in [-0.1, -0.05) is 6.07 Å². The average Bonchev–Trinajstić information content (AvgIpc) is 2.92. The van der Waals surface area contributed by atoms with Crippen LogP contribution in [0, 0.1) is 36.5 Å². The summed E-state index contributed by atoms with van der Waals surface area (Å²) >= 11 is 0. The van der Waals surface area contributed by atoms with Crippen molar-refractivity contribution in [1.82, 2.24) is 14.8 Å². The first-order chi connectivity index (χ1) is 11.1. The van der Waals surface area contributed by atoms with Crippen molar-refractivity contribution in [2.75, 3.05) is 18.0 Å². The van der Waals surface area contributed by atoms with Crippen LogP contribution in [0.15, 0.2) is 18.2 Å². The van der Waals surface area contributed by atoms with Crippen LogP contribution in [0.25, 0.3) is 0 Å². The van der Waals surface area contributed by atoms with E-state index < -0.39 is 0 Å². The highest BCUT2D eigenvalue weighted by Gasteiger charge is 2.26.